The van der Waals surface area contributed by atoms with Gasteiger partial charge in [0.15, 0.2) is 0 Å². The number of halogens is 1. The highest BCUT2D eigenvalue weighted by Crippen LogP contribution is 2.08. The highest BCUT2D eigenvalue weighted by molar-refractivity contribution is 14.1. The minimum Gasteiger partial charge on any atom is -0.269 e. The molecule has 2 atom stereocenters. The Morgan fingerprint density at radius 2 is 2.38 bits per heavy atom. The number of aliphatic imine (C=N–C) groups is 2. The van der Waals surface area contributed by atoms with E-state index < -0.39 is 0 Å². The summed E-state index contributed by atoms with van der Waals surface area (Å²) in [7, 11) is 0. The predicted octanol–water partition coefficient (Wildman–Crippen LogP) is 1.29. The van der Waals surface area contributed by atoms with E-state index >= 15 is 0 Å². The summed E-state index contributed by atoms with van der Waals surface area (Å²) < 4.78 is 0.484. The molecule has 0 radical (unpaired) electrons. The van der Waals surface area contributed by atoms with Crippen LogP contribution in [0.25, 0.3) is 0 Å². The van der Waals surface area contributed by atoms with Crippen molar-refractivity contribution in [1.29, 1.82) is 0 Å². The van der Waals surface area contributed by atoms with E-state index in [-0.39, 0.29) is 0 Å². The Morgan fingerprint density at radius 3 is 2.75 bits per heavy atom. The standard InChI is InChI=1S/C5H7IN2/c1-4-5(6)2-7-3-8-4/h2-5H,1H3. The van der Waals surface area contributed by atoms with Crippen LogP contribution >= 0.6 is 22.6 Å². The van der Waals surface area contributed by atoms with Gasteiger partial charge < -0.3 is 0 Å². The molecule has 1 rings (SSSR count). The number of alkyl halides is 1. The molecular formula is C5H7IN2. The van der Waals surface area contributed by atoms with Crippen molar-refractivity contribution < 1.29 is 0 Å². The molecule has 1 aliphatic heterocycles. The summed E-state index contributed by atoms with van der Waals surface area (Å²) >= 11 is 2.32. The summed E-state index contributed by atoms with van der Waals surface area (Å²) in [5, 5.41) is 0. The molecule has 0 aromatic rings. The molecular weight excluding hydrogens is 215 g/mol. The van der Waals surface area contributed by atoms with Gasteiger partial charge in [-0.2, -0.15) is 0 Å². The first-order valence-corrected chi connectivity index (χ1v) is 3.74. The third kappa shape index (κ3) is 1.27. The monoisotopic (exact) mass is 222 g/mol. The Balaban J connectivity index is 2.59. The fourth-order valence-corrected chi connectivity index (χ4v) is 0.843. The zero-order chi connectivity index (χ0) is 5.98. The third-order valence-electron chi connectivity index (χ3n) is 1.06. The molecule has 0 aromatic carbocycles. The molecule has 0 saturated carbocycles. The normalized spacial score (nSPS) is 35.8. The first-order valence-electron chi connectivity index (χ1n) is 2.50. The van der Waals surface area contributed by atoms with Gasteiger partial charge in [-0.1, -0.05) is 22.6 Å². The largest absolute Gasteiger partial charge is 0.269 e. The number of nitrogens with zero attached hydrogens (tertiary/aromatic N) is 2. The maximum Gasteiger partial charge on any atom is 0.109 e. The molecule has 0 fully saturated rings. The van der Waals surface area contributed by atoms with Gasteiger partial charge in [-0.05, 0) is 6.92 Å². The quantitative estimate of drug-likeness (QED) is 0.435. The second-order valence-corrected chi connectivity index (χ2v) is 3.19. The van der Waals surface area contributed by atoms with E-state index in [1.807, 2.05) is 6.21 Å². The van der Waals surface area contributed by atoms with Crippen LogP contribution in [0.5, 0.6) is 0 Å². The van der Waals surface area contributed by atoms with E-state index in [4.69, 9.17) is 0 Å². The lowest BCUT2D eigenvalue weighted by Crippen LogP contribution is -2.18. The second kappa shape index (κ2) is 2.57. The Hall–Kier alpha value is 0.0700. The van der Waals surface area contributed by atoms with Gasteiger partial charge in [-0.15, -0.1) is 0 Å². The minimum atomic E-state index is 0.410. The van der Waals surface area contributed by atoms with Gasteiger partial charge in [-0.25, -0.2) is 4.99 Å². The molecule has 44 valence electrons. The zero-order valence-electron chi connectivity index (χ0n) is 4.58. The van der Waals surface area contributed by atoms with E-state index in [2.05, 4.69) is 39.5 Å². The topological polar surface area (TPSA) is 24.7 Å². The summed E-state index contributed by atoms with van der Waals surface area (Å²) in [6.45, 7) is 2.08. The van der Waals surface area contributed by atoms with Crippen molar-refractivity contribution in [2.45, 2.75) is 16.9 Å². The summed E-state index contributed by atoms with van der Waals surface area (Å²) in [4.78, 5) is 7.96. The van der Waals surface area contributed by atoms with Crippen LogP contribution in [-0.4, -0.2) is 22.5 Å². The molecule has 0 N–H and O–H groups in total. The van der Waals surface area contributed by atoms with Crippen molar-refractivity contribution in [1.82, 2.24) is 0 Å². The van der Waals surface area contributed by atoms with E-state index in [9.17, 15) is 0 Å². The lowest BCUT2D eigenvalue weighted by Gasteiger charge is -2.10. The van der Waals surface area contributed by atoms with Crippen LogP contribution in [0.2, 0.25) is 0 Å². The van der Waals surface area contributed by atoms with Crippen LogP contribution in [0.3, 0.4) is 0 Å². The van der Waals surface area contributed by atoms with Gasteiger partial charge in [0, 0.05) is 6.21 Å². The molecule has 0 aromatic heterocycles. The van der Waals surface area contributed by atoms with Crippen LogP contribution in [-0.2, 0) is 0 Å². The molecule has 8 heavy (non-hydrogen) atoms. The second-order valence-electron chi connectivity index (χ2n) is 1.75. The SMILES string of the molecule is CC1N=CN=CC1I. The van der Waals surface area contributed by atoms with Crippen molar-refractivity contribution in [2.75, 3.05) is 0 Å². The zero-order valence-corrected chi connectivity index (χ0v) is 6.74. The Bertz CT molecular complexity index is 114. The first kappa shape index (κ1) is 6.19. The van der Waals surface area contributed by atoms with Crippen molar-refractivity contribution in [3.8, 4) is 0 Å². The van der Waals surface area contributed by atoms with Crippen LogP contribution in [0.1, 0.15) is 6.92 Å². The fourth-order valence-electron chi connectivity index (χ4n) is 0.471. The van der Waals surface area contributed by atoms with Crippen molar-refractivity contribution in [3.05, 3.63) is 0 Å². The van der Waals surface area contributed by atoms with Crippen LogP contribution in [0, 0.1) is 0 Å². The van der Waals surface area contributed by atoms with Gasteiger partial charge in [0.2, 0.25) is 0 Å². The lowest BCUT2D eigenvalue weighted by atomic mass is 10.2. The number of hydrogen-bond donors (Lipinski definition) is 0. The summed E-state index contributed by atoms with van der Waals surface area (Å²) in [6.07, 6.45) is 3.53. The van der Waals surface area contributed by atoms with Gasteiger partial charge in [0.05, 0.1) is 9.97 Å². The maximum absolute atomic E-state index is 4.08. The Morgan fingerprint density at radius 1 is 1.62 bits per heavy atom. The van der Waals surface area contributed by atoms with Crippen LogP contribution in [0.4, 0.5) is 0 Å². The van der Waals surface area contributed by atoms with Gasteiger partial charge in [-0.3, -0.25) is 4.99 Å². The minimum absolute atomic E-state index is 0.410. The van der Waals surface area contributed by atoms with E-state index in [1.165, 1.54) is 0 Å². The lowest BCUT2D eigenvalue weighted by molar-refractivity contribution is 0.812. The van der Waals surface area contributed by atoms with E-state index in [0.717, 1.165) is 0 Å². The molecule has 1 aliphatic rings. The molecule has 0 amide bonds. The molecule has 0 spiro atoms. The average molecular weight is 222 g/mol. The van der Waals surface area contributed by atoms with Gasteiger partial charge in [0.1, 0.15) is 6.34 Å². The predicted molar refractivity (Wildman–Crippen MR) is 44.3 cm³/mol. The molecule has 0 saturated heterocycles. The average Bonchev–Trinajstić information content (AvgIpc) is 1.77. The smallest absolute Gasteiger partial charge is 0.109 e. The molecule has 0 aliphatic carbocycles. The third-order valence-corrected chi connectivity index (χ3v) is 2.42. The van der Waals surface area contributed by atoms with E-state index in [0.29, 0.717) is 9.97 Å². The van der Waals surface area contributed by atoms with Gasteiger partial charge >= 0.3 is 0 Å². The van der Waals surface area contributed by atoms with Gasteiger partial charge in [0.25, 0.3) is 0 Å². The molecule has 0 bridgehead atoms. The summed E-state index contributed by atoms with van der Waals surface area (Å²) in [5.41, 5.74) is 0. The number of hydrogen-bond acceptors (Lipinski definition) is 2. The summed E-state index contributed by atoms with van der Waals surface area (Å²) in [5.74, 6) is 0. The molecule has 2 nitrogen and oxygen atoms in total. The van der Waals surface area contributed by atoms with Crippen LogP contribution < -0.4 is 0 Å². The summed E-state index contributed by atoms with van der Waals surface area (Å²) in [6, 6.07) is 0.410. The Kier molecular flexibility index (Phi) is 1.99. The molecule has 2 unspecified atom stereocenters. The van der Waals surface area contributed by atoms with Crippen molar-refractivity contribution in [3.63, 3.8) is 0 Å². The highest BCUT2D eigenvalue weighted by atomic mass is 127. The molecule has 1 heterocycles. The van der Waals surface area contributed by atoms with Crippen molar-refractivity contribution in [2.24, 2.45) is 9.98 Å². The fraction of sp³-hybridized carbons (Fsp3) is 0.600. The van der Waals surface area contributed by atoms with Crippen LogP contribution in [0.15, 0.2) is 9.98 Å². The first-order chi connectivity index (χ1) is 3.80. The Labute approximate surface area is 62.2 Å². The highest BCUT2D eigenvalue weighted by Gasteiger charge is 2.10. The molecule has 3 heteroatoms. The van der Waals surface area contributed by atoms with Crippen molar-refractivity contribution >= 4 is 35.1 Å². The van der Waals surface area contributed by atoms with E-state index in [1.54, 1.807) is 6.34 Å². The number of rotatable bonds is 0. The maximum atomic E-state index is 4.08.